The molecule has 1 amide bonds. The van der Waals surface area contributed by atoms with Gasteiger partial charge >= 0.3 is 12.1 Å². The van der Waals surface area contributed by atoms with Crippen molar-refractivity contribution in [3.63, 3.8) is 0 Å². The molecule has 1 aromatic rings. The highest BCUT2D eigenvalue weighted by atomic mass is 19.4. The molecule has 2 N–H and O–H groups in total. The highest BCUT2D eigenvalue weighted by Gasteiger charge is 2.29. The van der Waals surface area contributed by atoms with Gasteiger partial charge in [-0.15, -0.1) is 0 Å². The molecule has 0 saturated heterocycles. The predicted octanol–water partition coefficient (Wildman–Crippen LogP) is 2.28. The van der Waals surface area contributed by atoms with Crippen LogP contribution < -0.4 is 5.32 Å². The summed E-state index contributed by atoms with van der Waals surface area (Å²) in [5, 5.41) is 10.5. The van der Waals surface area contributed by atoms with E-state index in [-0.39, 0.29) is 5.69 Å². The summed E-state index contributed by atoms with van der Waals surface area (Å²) in [6, 6.07) is 3.79. The molecule has 7 heteroatoms. The quantitative estimate of drug-likeness (QED) is 0.818. The maximum absolute atomic E-state index is 12.2. The van der Waals surface area contributed by atoms with Crippen molar-refractivity contribution in [1.82, 2.24) is 0 Å². The Morgan fingerprint density at radius 1 is 1.11 bits per heavy atom. The van der Waals surface area contributed by atoms with Gasteiger partial charge in [0.15, 0.2) is 0 Å². The third-order valence-corrected chi connectivity index (χ3v) is 1.86. The number of carbonyl (C=O) groups excluding carboxylic acids is 1. The summed E-state index contributed by atoms with van der Waals surface area (Å²) in [6.45, 7) is 0. The number of carboxylic acids is 1. The number of nitrogens with one attached hydrogen (secondary N) is 1. The van der Waals surface area contributed by atoms with Gasteiger partial charge in [-0.1, -0.05) is 0 Å². The normalized spacial score (nSPS) is 11.5. The predicted molar refractivity (Wildman–Crippen MR) is 56.8 cm³/mol. The fourth-order valence-electron chi connectivity index (χ4n) is 1.07. The van der Waals surface area contributed by atoms with Crippen molar-refractivity contribution >= 4 is 17.6 Å². The molecular formula is C11H8F3NO3. The Labute approximate surface area is 99.7 Å². The highest BCUT2D eigenvalue weighted by Crippen LogP contribution is 2.29. The lowest BCUT2D eigenvalue weighted by Gasteiger charge is -2.07. The molecule has 1 aromatic carbocycles. The number of benzene rings is 1. The number of anilines is 1. The Kier molecular flexibility index (Phi) is 4.09. The van der Waals surface area contributed by atoms with Gasteiger partial charge in [-0.25, -0.2) is 4.79 Å². The van der Waals surface area contributed by atoms with E-state index in [4.69, 9.17) is 5.11 Å². The molecule has 0 heterocycles. The van der Waals surface area contributed by atoms with Crippen molar-refractivity contribution in [2.45, 2.75) is 6.18 Å². The van der Waals surface area contributed by atoms with E-state index in [0.717, 1.165) is 30.3 Å². The van der Waals surface area contributed by atoms with Gasteiger partial charge in [0.25, 0.3) is 0 Å². The van der Waals surface area contributed by atoms with Crippen LogP contribution in [0.15, 0.2) is 36.4 Å². The van der Waals surface area contributed by atoms with Crippen LogP contribution in [0.25, 0.3) is 0 Å². The van der Waals surface area contributed by atoms with Crippen molar-refractivity contribution in [3.05, 3.63) is 42.0 Å². The minimum Gasteiger partial charge on any atom is -0.478 e. The maximum atomic E-state index is 12.2. The molecule has 0 saturated carbocycles. The van der Waals surface area contributed by atoms with Crippen LogP contribution in [0, 0.1) is 0 Å². The van der Waals surface area contributed by atoms with Crippen LogP contribution >= 0.6 is 0 Å². The summed E-state index contributed by atoms with van der Waals surface area (Å²) >= 11 is 0. The van der Waals surface area contributed by atoms with E-state index in [2.05, 4.69) is 5.32 Å². The molecular weight excluding hydrogens is 251 g/mol. The highest BCUT2D eigenvalue weighted by molar-refractivity contribution is 6.02. The first-order chi connectivity index (χ1) is 8.29. The van der Waals surface area contributed by atoms with Crippen molar-refractivity contribution in [1.29, 1.82) is 0 Å². The lowest BCUT2D eigenvalue weighted by molar-refractivity contribution is -0.137. The van der Waals surface area contributed by atoms with Gasteiger partial charge in [0, 0.05) is 17.8 Å². The van der Waals surface area contributed by atoms with E-state index in [9.17, 15) is 22.8 Å². The number of carbonyl (C=O) groups is 2. The second-order valence-corrected chi connectivity index (χ2v) is 3.24. The first kappa shape index (κ1) is 13.8. The van der Waals surface area contributed by atoms with Crippen LogP contribution in [0.4, 0.5) is 18.9 Å². The van der Waals surface area contributed by atoms with Crippen molar-refractivity contribution in [2.24, 2.45) is 0 Å². The SMILES string of the molecule is O=C(O)C=CC(=O)Nc1ccc(C(F)(F)F)cc1. The van der Waals surface area contributed by atoms with Gasteiger partial charge in [-0.2, -0.15) is 13.2 Å². The molecule has 0 spiro atoms. The minimum absolute atomic E-state index is 0.142. The monoisotopic (exact) mass is 259 g/mol. The number of hydrogen-bond acceptors (Lipinski definition) is 2. The number of alkyl halides is 3. The van der Waals surface area contributed by atoms with E-state index in [1.807, 2.05) is 0 Å². The minimum atomic E-state index is -4.44. The van der Waals surface area contributed by atoms with E-state index in [1.165, 1.54) is 0 Å². The van der Waals surface area contributed by atoms with E-state index in [0.29, 0.717) is 6.08 Å². The molecule has 0 bridgehead atoms. The fourth-order valence-corrected chi connectivity index (χ4v) is 1.07. The number of halogens is 3. The average molecular weight is 259 g/mol. The number of hydrogen-bond donors (Lipinski definition) is 2. The van der Waals surface area contributed by atoms with Crippen LogP contribution in [-0.4, -0.2) is 17.0 Å². The second-order valence-electron chi connectivity index (χ2n) is 3.24. The molecule has 4 nitrogen and oxygen atoms in total. The van der Waals surface area contributed by atoms with Crippen LogP contribution in [0.1, 0.15) is 5.56 Å². The van der Waals surface area contributed by atoms with Crippen LogP contribution in [0.2, 0.25) is 0 Å². The van der Waals surface area contributed by atoms with Gasteiger partial charge < -0.3 is 10.4 Å². The molecule has 96 valence electrons. The van der Waals surface area contributed by atoms with Gasteiger partial charge in [0.05, 0.1) is 5.56 Å². The summed E-state index contributed by atoms with van der Waals surface area (Å²) in [4.78, 5) is 21.2. The molecule has 18 heavy (non-hydrogen) atoms. The first-order valence-corrected chi connectivity index (χ1v) is 4.68. The van der Waals surface area contributed by atoms with Crippen LogP contribution in [0.3, 0.4) is 0 Å². The topological polar surface area (TPSA) is 66.4 Å². The lowest BCUT2D eigenvalue weighted by Crippen LogP contribution is -2.09. The van der Waals surface area contributed by atoms with E-state index < -0.39 is 23.6 Å². The summed E-state index contributed by atoms with van der Waals surface area (Å²) in [7, 11) is 0. The number of carboxylic acid groups (broad SMARTS) is 1. The Morgan fingerprint density at radius 3 is 2.11 bits per heavy atom. The van der Waals surface area contributed by atoms with Gasteiger partial charge in [0.1, 0.15) is 0 Å². The molecule has 0 atom stereocenters. The van der Waals surface area contributed by atoms with Crippen molar-refractivity contribution in [2.75, 3.05) is 5.32 Å². The fraction of sp³-hybridized carbons (Fsp3) is 0.0909. The van der Waals surface area contributed by atoms with Gasteiger partial charge in [0.2, 0.25) is 5.91 Å². The zero-order chi connectivity index (χ0) is 13.8. The van der Waals surface area contributed by atoms with E-state index in [1.54, 1.807) is 0 Å². The van der Waals surface area contributed by atoms with E-state index >= 15 is 0 Å². The maximum Gasteiger partial charge on any atom is 0.416 e. The lowest BCUT2D eigenvalue weighted by atomic mass is 10.2. The summed E-state index contributed by atoms with van der Waals surface area (Å²) in [5.74, 6) is -2.03. The molecule has 1 rings (SSSR count). The van der Waals surface area contributed by atoms with Gasteiger partial charge in [-0.05, 0) is 24.3 Å². The molecule has 0 fully saturated rings. The zero-order valence-corrected chi connectivity index (χ0v) is 8.86. The molecule has 0 radical (unpaired) electrons. The standard InChI is InChI=1S/C11H8F3NO3/c12-11(13,14)7-1-3-8(4-2-7)15-9(16)5-6-10(17)18/h1-6H,(H,15,16)(H,17,18). The van der Waals surface area contributed by atoms with Crippen molar-refractivity contribution in [3.8, 4) is 0 Å². The zero-order valence-electron chi connectivity index (χ0n) is 8.86. The van der Waals surface area contributed by atoms with Crippen LogP contribution in [0.5, 0.6) is 0 Å². The van der Waals surface area contributed by atoms with Crippen molar-refractivity contribution < 1.29 is 27.9 Å². The van der Waals surface area contributed by atoms with Crippen LogP contribution in [-0.2, 0) is 15.8 Å². The Bertz CT molecular complexity index is 477. The smallest absolute Gasteiger partial charge is 0.416 e. The number of rotatable bonds is 3. The Hall–Kier alpha value is -2.31. The number of amides is 1. The summed E-state index contributed by atoms with van der Waals surface area (Å²) < 4.78 is 36.7. The number of aliphatic carboxylic acids is 1. The summed E-state index contributed by atoms with van der Waals surface area (Å²) in [5.41, 5.74) is -0.690. The molecule has 0 unspecified atom stereocenters. The second kappa shape index (κ2) is 5.35. The molecule has 0 aliphatic heterocycles. The molecule has 0 aliphatic carbocycles. The molecule has 0 aliphatic rings. The average Bonchev–Trinajstić information content (AvgIpc) is 2.26. The van der Waals surface area contributed by atoms with Gasteiger partial charge in [-0.3, -0.25) is 4.79 Å². The molecule has 0 aromatic heterocycles. The largest absolute Gasteiger partial charge is 0.478 e. The Balaban J connectivity index is 2.70. The first-order valence-electron chi connectivity index (χ1n) is 4.68. The third-order valence-electron chi connectivity index (χ3n) is 1.86. The summed E-state index contributed by atoms with van der Waals surface area (Å²) in [6.07, 6.45) is -3.05. The Morgan fingerprint density at radius 2 is 1.67 bits per heavy atom. The third kappa shape index (κ3) is 4.28.